The van der Waals surface area contributed by atoms with E-state index >= 15 is 0 Å². The van der Waals surface area contributed by atoms with E-state index in [2.05, 4.69) is 16.4 Å². The van der Waals surface area contributed by atoms with Crippen molar-refractivity contribution in [2.75, 3.05) is 16.8 Å². The number of nitrogens with one attached hydrogen (secondary N) is 2. The van der Waals surface area contributed by atoms with Crippen LogP contribution < -0.4 is 16.0 Å². The molecule has 3 aromatic rings. The van der Waals surface area contributed by atoms with Crippen molar-refractivity contribution < 1.29 is 9.21 Å². The first-order valence-electron chi connectivity index (χ1n) is 7.34. The van der Waals surface area contributed by atoms with Crippen LogP contribution in [0.15, 0.2) is 38.9 Å². The van der Waals surface area contributed by atoms with E-state index in [0.29, 0.717) is 34.6 Å². The number of benzene rings is 1. The fourth-order valence-corrected chi connectivity index (χ4v) is 3.74. The fourth-order valence-electron chi connectivity index (χ4n) is 2.85. The van der Waals surface area contributed by atoms with Gasteiger partial charge in [-0.25, -0.2) is 4.79 Å². The number of fused-ring (bicyclic) bond motifs is 1. The Hall–Kier alpha value is -3.05. The molecule has 0 spiro atoms. The van der Waals surface area contributed by atoms with Crippen LogP contribution in [0.25, 0.3) is 11.1 Å². The number of amides is 1. The van der Waals surface area contributed by atoms with E-state index in [9.17, 15) is 9.59 Å². The lowest BCUT2D eigenvalue weighted by molar-refractivity contribution is -0.117. The molecule has 1 aromatic carbocycles. The largest absolute Gasteiger partial charge is 0.417 e. The van der Waals surface area contributed by atoms with Crippen LogP contribution in [-0.4, -0.2) is 23.5 Å². The Balaban J connectivity index is 1.56. The van der Waals surface area contributed by atoms with Gasteiger partial charge in [-0.2, -0.15) is 5.26 Å². The summed E-state index contributed by atoms with van der Waals surface area (Å²) in [7, 11) is 0. The smallest absolute Gasteiger partial charge is 0.408 e. The van der Waals surface area contributed by atoms with E-state index < -0.39 is 5.76 Å². The van der Waals surface area contributed by atoms with Crippen molar-refractivity contribution in [3.8, 4) is 6.07 Å². The van der Waals surface area contributed by atoms with Gasteiger partial charge in [0.1, 0.15) is 17.1 Å². The van der Waals surface area contributed by atoms with Gasteiger partial charge in [-0.1, -0.05) is 0 Å². The molecule has 1 aliphatic rings. The zero-order valence-corrected chi connectivity index (χ0v) is 13.2. The lowest BCUT2D eigenvalue weighted by atomic mass is 10.2. The second kappa shape index (κ2) is 5.54. The Morgan fingerprint density at radius 2 is 2.25 bits per heavy atom. The average Bonchev–Trinajstić information content (AvgIpc) is 3.25. The predicted molar refractivity (Wildman–Crippen MR) is 90.2 cm³/mol. The monoisotopic (exact) mass is 340 g/mol. The molecule has 2 aromatic heterocycles. The normalized spacial score (nSPS) is 17.4. The highest BCUT2D eigenvalue weighted by Crippen LogP contribution is 2.31. The van der Waals surface area contributed by atoms with Crippen LogP contribution in [0.2, 0.25) is 0 Å². The molecule has 2 N–H and O–H groups in total. The van der Waals surface area contributed by atoms with Crippen LogP contribution in [0.5, 0.6) is 0 Å². The summed E-state index contributed by atoms with van der Waals surface area (Å²) in [5.74, 6) is -0.568. The van der Waals surface area contributed by atoms with E-state index in [1.54, 1.807) is 29.2 Å². The SMILES string of the molecule is N#Cc1ccsc1N1CCC(Nc2ccc3oc(=O)[nH]c3c2)C1=O. The molecule has 24 heavy (non-hydrogen) atoms. The lowest BCUT2D eigenvalue weighted by Crippen LogP contribution is -2.33. The summed E-state index contributed by atoms with van der Waals surface area (Å²) in [5.41, 5.74) is 2.30. The standard InChI is InChI=1S/C16H12N4O3S/c17-8-9-4-6-24-15(9)20-5-3-11(14(20)21)18-10-1-2-13-12(7-10)19-16(22)23-13/h1-2,4,6-7,11,18H,3,5H2,(H,19,22). The van der Waals surface area contributed by atoms with Crippen molar-refractivity contribution in [1.82, 2.24) is 4.98 Å². The van der Waals surface area contributed by atoms with E-state index in [4.69, 9.17) is 9.68 Å². The first-order valence-corrected chi connectivity index (χ1v) is 8.22. The molecule has 0 saturated carbocycles. The first-order chi connectivity index (χ1) is 11.7. The number of thiophene rings is 1. The van der Waals surface area contributed by atoms with Gasteiger partial charge in [0.25, 0.3) is 0 Å². The van der Waals surface area contributed by atoms with Crippen LogP contribution >= 0.6 is 11.3 Å². The van der Waals surface area contributed by atoms with Crippen molar-refractivity contribution >= 4 is 39.0 Å². The molecule has 0 bridgehead atoms. The number of nitriles is 1. The van der Waals surface area contributed by atoms with Crippen LogP contribution in [0.1, 0.15) is 12.0 Å². The van der Waals surface area contributed by atoms with E-state index in [1.807, 2.05) is 5.38 Å². The highest BCUT2D eigenvalue weighted by atomic mass is 32.1. The number of anilines is 2. The fraction of sp³-hybridized carbons (Fsp3) is 0.188. The zero-order chi connectivity index (χ0) is 16.7. The topological polar surface area (TPSA) is 102 Å². The summed E-state index contributed by atoms with van der Waals surface area (Å²) in [6.45, 7) is 0.566. The number of carbonyl (C=O) groups is 1. The van der Waals surface area contributed by atoms with Crippen LogP contribution in [0, 0.1) is 11.3 Å². The molecule has 3 heterocycles. The number of aromatic amines is 1. The molecule has 1 saturated heterocycles. The van der Waals surface area contributed by atoms with Gasteiger partial charge in [0, 0.05) is 12.2 Å². The van der Waals surface area contributed by atoms with Gasteiger partial charge in [-0.05, 0) is 36.1 Å². The number of oxazole rings is 1. The van der Waals surface area contributed by atoms with Gasteiger partial charge in [0.15, 0.2) is 5.58 Å². The number of carbonyl (C=O) groups excluding carboxylic acids is 1. The third-order valence-electron chi connectivity index (χ3n) is 3.98. The number of aromatic nitrogens is 1. The van der Waals surface area contributed by atoms with Gasteiger partial charge in [0.05, 0.1) is 11.1 Å². The molecule has 1 amide bonds. The van der Waals surface area contributed by atoms with E-state index in [0.717, 1.165) is 5.69 Å². The Kier molecular flexibility index (Phi) is 3.36. The van der Waals surface area contributed by atoms with E-state index in [1.165, 1.54) is 11.3 Å². The number of rotatable bonds is 3. The van der Waals surface area contributed by atoms with Crippen LogP contribution in [0.4, 0.5) is 10.7 Å². The van der Waals surface area contributed by atoms with Crippen molar-refractivity contribution in [3.05, 3.63) is 45.8 Å². The number of hydrogen-bond donors (Lipinski definition) is 2. The molecule has 1 aliphatic heterocycles. The van der Waals surface area contributed by atoms with Crippen LogP contribution in [-0.2, 0) is 4.79 Å². The van der Waals surface area contributed by atoms with Crippen molar-refractivity contribution in [1.29, 1.82) is 5.26 Å². The van der Waals surface area contributed by atoms with Gasteiger partial charge < -0.3 is 14.6 Å². The van der Waals surface area contributed by atoms with E-state index in [-0.39, 0.29) is 11.9 Å². The van der Waals surface area contributed by atoms with Gasteiger partial charge in [0.2, 0.25) is 5.91 Å². The van der Waals surface area contributed by atoms with Crippen molar-refractivity contribution in [3.63, 3.8) is 0 Å². The number of nitrogens with zero attached hydrogens (tertiary/aromatic N) is 2. The summed E-state index contributed by atoms with van der Waals surface area (Å²) in [4.78, 5) is 28.1. The Bertz CT molecular complexity index is 1030. The maximum Gasteiger partial charge on any atom is 0.417 e. The third kappa shape index (κ3) is 2.35. The minimum absolute atomic E-state index is 0.0604. The molecule has 1 unspecified atom stereocenters. The highest BCUT2D eigenvalue weighted by Gasteiger charge is 2.34. The van der Waals surface area contributed by atoms with Gasteiger partial charge >= 0.3 is 5.76 Å². The molecule has 1 atom stereocenters. The molecule has 7 nitrogen and oxygen atoms in total. The predicted octanol–water partition coefficient (Wildman–Crippen LogP) is 2.27. The van der Waals surface area contributed by atoms with Crippen molar-refractivity contribution in [2.45, 2.75) is 12.5 Å². The summed E-state index contributed by atoms with van der Waals surface area (Å²) < 4.78 is 4.96. The zero-order valence-electron chi connectivity index (χ0n) is 12.4. The highest BCUT2D eigenvalue weighted by molar-refractivity contribution is 7.14. The average molecular weight is 340 g/mol. The second-order valence-corrected chi connectivity index (χ2v) is 6.35. The minimum atomic E-state index is -0.507. The molecule has 1 fully saturated rings. The molecule has 4 rings (SSSR count). The van der Waals surface area contributed by atoms with Crippen molar-refractivity contribution in [2.24, 2.45) is 0 Å². The van der Waals surface area contributed by atoms with Crippen LogP contribution in [0.3, 0.4) is 0 Å². The quantitative estimate of drug-likeness (QED) is 0.761. The molecular formula is C16H12N4O3S. The van der Waals surface area contributed by atoms with Gasteiger partial charge in [-0.15, -0.1) is 11.3 Å². The van der Waals surface area contributed by atoms with Gasteiger partial charge in [-0.3, -0.25) is 9.78 Å². The molecular weight excluding hydrogens is 328 g/mol. The molecule has 8 heteroatoms. The summed E-state index contributed by atoms with van der Waals surface area (Å²) in [6, 6.07) is 8.65. The third-order valence-corrected chi connectivity index (χ3v) is 4.91. The molecule has 120 valence electrons. The minimum Gasteiger partial charge on any atom is -0.408 e. The number of H-pyrrole nitrogens is 1. The Morgan fingerprint density at radius 1 is 1.38 bits per heavy atom. The second-order valence-electron chi connectivity index (χ2n) is 5.45. The molecule has 0 radical (unpaired) electrons. The lowest BCUT2D eigenvalue weighted by Gasteiger charge is -2.16. The maximum atomic E-state index is 12.6. The molecule has 0 aliphatic carbocycles. The number of hydrogen-bond acceptors (Lipinski definition) is 6. The summed E-state index contributed by atoms with van der Waals surface area (Å²) in [5, 5.41) is 14.8. The Labute approximate surface area is 140 Å². The first kappa shape index (κ1) is 14.5. The maximum absolute atomic E-state index is 12.6. The summed E-state index contributed by atoms with van der Waals surface area (Å²) >= 11 is 1.39. The Morgan fingerprint density at radius 3 is 3.08 bits per heavy atom. The summed E-state index contributed by atoms with van der Waals surface area (Å²) in [6.07, 6.45) is 0.640.